The van der Waals surface area contributed by atoms with Crippen molar-refractivity contribution in [3.63, 3.8) is 0 Å². The van der Waals surface area contributed by atoms with Gasteiger partial charge in [0.1, 0.15) is 23.6 Å². The largest absolute Gasteiger partial charge is 0.457 e. The fraction of sp³-hybridized carbons (Fsp3) is 0.211. The van der Waals surface area contributed by atoms with Crippen molar-refractivity contribution in [2.45, 2.75) is 19.1 Å². The second-order valence-corrected chi connectivity index (χ2v) is 5.25. The van der Waals surface area contributed by atoms with Crippen molar-refractivity contribution < 1.29 is 19.5 Å². The summed E-state index contributed by atoms with van der Waals surface area (Å²) < 4.78 is 11.2. The smallest absolute Gasteiger partial charge is 0.339 e. The van der Waals surface area contributed by atoms with Crippen LogP contribution in [-0.2, 0) is 4.74 Å². The standard InChI is InChI=1S/C19H20N2O4/c1-14(21(23)19(20)22)11-12-18(24-2)15-7-6-10-17(13-15)25-16-8-4-3-5-9-16/h3-10,13-14,18,23H,1-2H3,(H2,20,22). The van der Waals surface area contributed by atoms with Gasteiger partial charge in [-0.15, -0.1) is 0 Å². The third-order valence-electron chi connectivity index (χ3n) is 3.39. The van der Waals surface area contributed by atoms with E-state index in [2.05, 4.69) is 11.8 Å². The Labute approximate surface area is 146 Å². The van der Waals surface area contributed by atoms with E-state index in [-0.39, 0.29) is 0 Å². The molecule has 2 amide bonds. The number of benzene rings is 2. The van der Waals surface area contributed by atoms with Crippen molar-refractivity contribution in [3.05, 3.63) is 60.2 Å². The van der Waals surface area contributed by atoms with Crippen LogP contribution in [0.4, 0.5) is 4.79 Å². The van der Waals surface area contributed by atoms with Gasteiger partial charge in [-0.05, 0) is 36.8 Å². The number of para-hydroxylation sites is 1. The number of methoxy groups -OCH3 is 1. The van der Waals surface area contributed by atoms with Crippen molar-refractivity contribution in [2.24, 2.45) is 5.73 Å². The lowest BCUT2D eigenvalue weighted by atomic mass is 10.1. The Hall–Kier alpha value is -3.01. The first kappa shape index (κ1) is 18.3. The van der Waals surface area contributed by atoms with Crippen LogP contribution >= 0.6 is 0 Å². The molecule has 3 N–H and O–H groups in total. The van der Waals surface area contributed by atoms with Crippen molar-refractivity contribution in [2.75, 3.05) is 7.11 Å². The molecule has 0 heterocycles. The van der Waals surface area contributed by atoms with Crippen molar-refractivity contribution in [3.8, 4) is 23.3 Å². The summed E-state index contributed by atoms with van der Waals surface area (Å²) in [6.07, 6.45) is -0.539. The van der Waals surface area contributed by atoms with Gasteiger partial charge in [-0.25, -0.2) is 4.79 Å². The Bertz CT molecular complexity index is 768. The molecule has 25 heavy (non-hydrogen) atoms. The van der Waals surface area contributed by atoms with Gasteiger partial charge in [-0.1, -0.05) is 42.2 Å². The maximum atomic E-state index is 10.9. The number of hydrogen-bond donors (Lipinski definition) is 2. The third-order valence-corrected chi connectivity index (χ3v) is 3.39. The predicted molar refractivity (Wildman–Crippen MR) is 93.2 cm³/mol. The topological polar surface area (TPSA) is 85.0 Å². The fourth-order valence-corrected chi connectivity index (χ4v) is 2.09. The molecule has 0 saturated carbocycles. The maximum absolute atomic E-state index is 10.9. The van der Waals surface area contributed by atoms with Gasteiger partial charge in [0, 0.05) is 7.11 Å². The first-order chi connectivity index (χ1) is 12.0. The summed E-state index contributed by atoms with van der Waals surface area (Å²) in [5, 5.41) is 9.82. The molecule has 2 aromatic carbocycles. The summed E-state index contributed by atoms with van der Waals surface area (Å²) in [5.74, 6) is 7.00. The summed E-state index contributed by atoms with van der Waals surface area (Å²) in [5.41, 5.74) is 5.79. The van der Waals surface area contributed by atoms with Crippen LogP contribution in [0.3, 0.4) is 0 Å². The first-order valence-corrected chi connectivity index (χ1v) is 7.65. The van der Waals surface area contributed by atoms with Crippen molar-refractivity contribution >= 4 is 6.03 Å². The molecule has 0 fully saturated rings. The van der Waals surface area contributed by atoms with E-state index < -0.39 is 18.2 Å². The SMILES string of the molecule is COC(C#CC(C)N(O)C(N)=O)c1cccc(Oc2ccccc2)c1. The van der Waals surface area contributed by atoms with Gasteiger partial charge in [0.25, 0.3) is 0 Å². The minimum absolute atomic E-state index is 0.370. The normalized spacial score (nSPS) is 12.4. The number of nitrogens with two attached hydrogens (primary N) is 1. The molecule has 0 aliphatic heterocycles. The summed E-state index contributed by atoms with van der Waals surface area (Å²) >= 11 is 0. The molecule has 0 spiro atoms. The highest BCUT2D eigenvalue weighted by Gasteiger charge is 2.13. The zero-order valence-corrected chi connectivity index (χ0v) is 14.0. The van der Waals surface area contributed by atoms with Gasteiger partial charge < -0.3 is 15.2 Å². The fourth-order valence-electron chi connectivity index (χ4n) is 2.09. The summed E-state index contributed by atoms with van der Waals surface area (Å²) in [6.45, 7) is 1.55. The first-order valence-electron chi connectivity index (χ1n) is 7.65. The lowest BCUT2D eigenvalue weighted by Crippen LogP contribution is -2.38. The molecule has 0 saturated heterocycles. The third kappa shape index (κ3) is 5.24. The second-order valence-electron chi connectivity index (χ2n) is 5.25. The maximum Gasteiger partial charge on any atom is 0.339 e. The summed E-state index contributed by atoms with van der Waals surface area (Å²) in [4.78, 5) is 10.9. The van der Waals surface area contributed by atoms with Gasteiger partial charge in [0.2, 0.25) is 0 Å². The number of carbonyl (C=O) groups is 1. The Morgan fingerprint density at radius 3 is 2.44 bits per heavy atom. The van der Waals surface area contributed by atoms with E-state index in [1.165, 1.54) is 7.11 Å². The zero-order valence-electron chi connectivity index (χ0n) is 14.0. The van der Waals surface area contributed by atoms with Crippen LogP contribution in [0.5, 0.6) is 11.5 Å². The van der Waals surface area contributed by atoms with Crippen molar-refractivity contribution in [1.82, 2.24) is 5.06 Å². The molecule has 0 aliphatic carbocycles. The molecule has 0 aromatic heterocycles. The molecule has 6 nitrogen and oxygen atoms in total. The van der Waals surface area contributed by atoms with E-state index in [9.17, 15) is 10.0 Å². The van der Waals surface area contributed by atoms with Crippen LogP contribution in [0.25, 0.3) is 0 Å². The second kappa shape index (κ2) is 8.73. The lowest BCUT2D eigenvalue weighted by Gasteiger charge is -2.16. The van der Waals surface area contributed by atoms with E-state index in [1.807, 2.05) is 54.6 Å². The predicted octanol–water partition coefficient (Wildman–Crippen LogP) is 3.33. The quantitative estimate of drug-likeness (QED) is 0.497. The van der Waals surface area contributed by atoms with E-state index in [0.29, 0.717) is 10.8 Å². The van der Waals surface area contributed by atoms with Gasteiger partial charge >= 0.3 is 6.03 Å². The van der Waals surface area contributed by atoms with E-state index in [4.69, 9.17) is 15.2 Å². The molecule has 6 heteroatoms. The number of carbonyl (C=O) groups excluding carboxylic acids is 1. The van der Waals surface area contributed by atoms with E-state index >= 15 is 0 Å². The highest BCUT2D eigenvalue weighted by molar-refractivity contribution is 5.71. The number of primary amides is 1. The molecule has 2 rings (SSSR count). The molecule has 2 unspecified atom stereocenters. The van der Waals surface area contributed by atoms with Crippen LogP contribution in [0.1, 0.15) is 18.6 Å². The number of nitrogens with zero attached hydrogens (tertiary/aromatic N) is 1. The van der Waals surface area contributed by atoms with E-state index in [1.54, 1.807) is 6.92 Å². The van der Waals surface area contributed by atoms with E-state index in [0.717, 1.165) is 11.3 Å². The minimum Gasteiger partial charge on any atom is -0.457 e. The van der Waals surface area contributed by atoms with Gasteiger partial charge in [0.05, 0.1) is 0 Å². The number of rotatable bonds is 5. The number of urea groups is 1. The van der Waals surface area contributed by atoms with Crippen LogP contribution in [0, 0.1) is 11.8 Å². The van der Waals surface area contributed by atoms with Gasteiger partial charge in [-0.2, -0.15) is 5.06 Å². The molecule has 0 radical (unpaired) electrons. The molecular weight excluding hydrogens is 320 g/mol. The van der Waals surface area contributed by atoms with Crippen LogP contribution in [-0.4, -0.2) is 29.5 Å². The molecule has 130 valence electrons. The molecule has 0 bridgehead atoms. The zero-order chi connectivity index (χ0) is 18.2. The van der Waals surface area contributed by atoms with Crippen LogP contribution < -0.4 is 10.5 Å². The monoisotopic (exact) mass is 340 g/mol. The highest BCUT2D eigenvalue weighted by atomic mass is 16.5. The summed E-state index contributed by atoms with van der Waals surface area (Å²) in [7, 11) is 1.53. The van der Waals surface area contributed by atoms with Crippen LogP contribution in [0.15, 0.2) is 54.6 Å². The van der Waals surface area contributed by atoms with Crippen molar-refractivity contribution in [1.29, 1.82) is 0 Å². The number of hydroxylamine groups is 2. The lowest BCUT2D eigenvalue weighted by molar-refractivity contribution is -0.0537. The van der Waals surface area contributed by atoms with Crippen LogP contribution in [0.2, 0.25) is 0 Å². The molecule has 2 atom stereocenters. The number of hydrogen-bond acceptors (Lipinski definition) is 4. The minimum atomic E-state index is -0.964. The Balaban J connectivity index is 2.16. The number of ether oxygens (including phenoxy) is 2. The van der Waals surface area contributed by atoms with Gasteiger partial charge in [0.15, 0.2) is 0 Å². The Morgan fingerprint density at radius 2 is 1.80 bits per heavy atom. The Kier molecular flexibility index (Phi) is 6.40. The molecule has 0 aliphatic rings. The van der Waals surface area contributed by atoms with Gasteiger partial charge in [-0.3, -0.25) is 5.21 Å². The highest BCUT2D eigenvalue weighted by Crippen LogP contribution is 2.25. The number of amides is 2. The Morgan fingerprint density at radius 1 is 1.12 bits per heavy atom. The average molecular weight is 340 g/mol. The molecular formula is C19H20N2O4. The average Bonchev–Trinajstić information content (AvgIpc) is 2.62. The molecule has 2 aromatic rings. The summed E-state index contributed by atoms with van der Waals surface area (Å²) in [6, 6.07) is 15.1.